The lowest BCUT2D eigenvalue weighted by Gasteiger charge is -2.37. The Balaban J connectivity index is 1.46. The summed E-state index contributed by atoms with van der Waals surface area (Å²) in [7, 11) is -0.702. The van der Waals surface area contributed by atoms with Gasteiger partial charge in [-0.25, -0.2) is 9.59 Å². The Morgan fingerprint density at radius 2 is 1.37 bits per heavy atom. The van der Waals surface area contributed by atoms with E-state index in [4.69, 9.17) is 37.7 Å². The third kappa shape index (κ3) is 5.25. The third-order valence-electron chi connectivity index (χ3n) is 8.50. The summed E-state index contributed by atoms with van der Waals surface area (Å²) in [5.41, 5.74) is -0.369. The fourth-order valence-electron chi connectivity index (χ4n) is 5.49. The summed E-state index contributed by atoms with van der Waals surface area (Å²) in [6.07, 6.45) is 0. The van der Waals surface area contributed by atoms with Crippen LogP contribution in [0.1, 0.15) is 78.9 Å². The predicted octanol–water partition coefficient (Wildman–Crippen LogP) is 4.13. The molecule has 0 radical (unpaired) electrons. The lowest BCUT2D eigenvalue weighted by molar-refractivity contribution is -0.149. The number of carbonyl (C=O) groups excluding carboxylic acids is 4. The molecule has 0 amide bonds. The maximum atomic E-state index is 13.4. The number of carbonyl (C=O) groups is 4. The second-order valence-electron chi connectivity index (χ2n) is 12.0. The SMILES string of the molecule is CC(=O)OCOC(=O)c1ccc2c(c1)C1(OC2=O)c2ccc(OCOC(C)=O)cc2Oc2cc(B3OC(C)(C)C(C)(C)O3)ccc21. The van der Waals surface area contributed by atoms with Crippen molar-refractivity contribution in [3.63, 3.8) is 0 Å². The first-order valence-corrected chi connectivity index (χ1v) is 14.5. The second kappa shape index (κ2) is 11.2. The van der Waals surface area contributed by atoms with E-state index in [0.717, 1.165) is 0 Å². The molecule has 12 nitrogen and oxygen atoms in total. The van der Waals surface area contributed by atoms with Gasteiger partial charge in [0.1, 0.15) is 17.2 Å². The molecule has 1 saturated heterocycles. The van der Waals surface area contributed by atoms with E-state index in [0.29, 0.717) is 39.4 Å². The molecule has 46 heavy (non-hydrogen) atoms. The van der Waals surface area contributed by atoms with Gasteiger partial charge in [-0.1, -0.05) is 12.1 Å². The molecule has 1 spiro atoms. The van der Waals surface area contributed by atoms with Crippen LogP contribution in [0.3, 0.4) is 0 Å². The quantitative estimate of drug-likeness (QED) is 0.160. The highest BCUT2D eigenvalue weighted by molar-refractivity contribution is 6.62. The van der Waals surface area contributed by atoms with Gasteiger partial charge in [0.25, 0.3) is 0 Å². The molecule has 3 aliphatic heterocycles. The minimum atomic E-state index is -1.54. The second-order valence-corrected chi connectivity index (χ2v) is 12.0. The number of hydrogen-bond donors (Lipinski definition) is 0. The van der Waals surface area contributed by atoms with E-state index in [2.05, 4.69) is 0 Å². The fraction of sp³-hybridized carbons (Fsp3) is 0.333. The monoisotopic (exact) mass is 630 g/mol. The predicted molar refractivity (Wildman–Crippen MR) is 160 cm³/mol. The number of esters is 4. The number of ether oxygens (including phenoxy) is 6. The Hall–Kier alpha value is -4.88. The van der Waals surface area contributed by atoms with Gasteiger partial charge >= 0.3 is 31.0 Å². The van der Waals surface area contributed by atoms with E-state index >= 15 is 0 Å². The van der Waals surface area contributed by atoms with E-state index in [-0.39, 0.29) is 17.9 Å². The first-order valence-electron chi connectivity index (χ1n) is 14.5. The maximum Gasteiger partial charge on any atom is 0.494 e. The van der Waals surface area contributed by atoms with Crippen molar-refractivity contribution in [2.45, 2.75) is 58.3 Å². The van der Waals surface area contributed by atoms with Crippen molar-refractivity contribution in [1.82, 2.24) is 0 Å². The molecule has 13 heteroatoms. The first kappa shape index (κ1) is 31.1. The molecule has 1 atom stereocenters. The van der Waals surface area contributed by atoms with E-state index in [9.17, 15) is 19.2 Å². The molecule has 1 unspecified atom stereocenters. The molecule has 3 aliphatic rings. The Bertz CT molecular complexity index is 1760. The van der Waals surface area contributed by atoms with E-state index in [1.54, 1.807) is 30.3 Å². The highest BCUT2D eigenvalue weighted by Crippen LogP contribution is 2.56. The molecule has 3 heterocycles. The van der Waals surface area contributed by atoms with Crippen LogP contribution in [0.25, 0.3) is 0 Å². The molecule has 238 valence electrons. The molecule has 0 N–H and O–H groups in total. The molecular formula is C33H31BO12. The van der Waals surface area contributed by atoms with E-state index < -0.39 is 54.6 Å². The van der Waals surface area contributed by atoms with Crippen molar-refractivity contribution < 1.29 is 56.9 Å². The van der Waals surface area contributed by atoms with Gasteiger partial charge in [0.2, 0.25) is 13.6 Å². The Kier molecular flexibility index (Phi) is 7.56. The van der Waals surface area contributed by atoms with Gasteiger partial charge in [0.05, 0.1) is 22.3 Å². The molecular weight excluding hydrogens is 599 g/mol. The van der Waals surface area contributed by atoms with E-state index in [1.807, 2.05) is 33.8 Å². The summed E-state index contributed by atoms with van der Waals surface area (Å²) >= 11 is 0. The van der Waals surface area contributed by atoms with Crippen LogP contribution >= 0.6 is 0 Å². The fourth-order valence-corrected chi connectivity index (χ4v) is 5.49. The van der Waals surface area contributed by atoms with Gasteiger partial charge in [-0.05, 0) is 69.6 Å². The standard InChI is InChI=1S/C33H31BO12/c1-18(35)39-16-41-22-9-12-25-28(15-22)43-27-14-21(34-45-31(3,4)32(5,6)46-34)8-11-24(27)33(25)26-13-20(7-10-23(26)30(38)44-33)29(37)42-17-40-19(2)36/h7-15H,16-17H2,1-6H3. The molecule has 6 rings (SSSR count). The first-order chi connectivity index (χ1) is 21.7. The molecule has 0 aromatic heterocycles. The Labute approximate surface area is 264 Å². The Morgan fingerprint density at radius 3 is 2.04 bits per heavy atom. The average molecular weight is 630 g/mol. The minimum absolute atomic E-state index is 0.105. The topological polar surface area (TPSA) is 142 Å². The number of hydrogen-bond acceptors (Lipinski definition) is 12. The normalized spacial score (nSPS) is 19.7. The third-order valence-corrected chi connectivity index (χ3v) is 8.50. The summed E-state index contributed by atoms with van der Waals surface area (Å²) in [5, 5.41) is 0. The van der Waals surface area contributed by atoms with Crippen LogP contribution < -0.4 is 14.9 Å². The van der Waals surface area contributed by atoms with Crippen molar-refractivity contribution in [2.75, 3.05) is 13.6 Å². The summed E-state index contributed by atoms with van der Waals surface area (Å²) in [4.78, 5) is 48.7. The minimum Gasteiger partial charge on any atom is -0.457 e. The Morgan fingerprint density at radius 1 is 0.739 bits per heavy atom. The van der Waals surface area contributed by atoms with Gasteiger partial charge in [-0.3, -0.25) is 9.59 Å². The van der Waals surface area contributed by atoms with Crippen molar-refractivity contribution >= 4 is 36.5 Å². The van der Waals surface area contributed by atoms with Crippen LogP contribution in [-0.2, 0) is 43.4 Å². The summed E-state index contributed by atoms with van der Waals surface area (Å²) < 4.78 is 45.5. The number of rotatable bonds is 7. The van der Waals surface area contributed by atoms with Crippen LogP contribution in [0.4, 0.5) is 0 Å². The average Bonchev–Trinajstić information content (AvgIpc) is 3.39. The number of benzene rings is 3. The molecule has 0 bridgehead atoms. The zero-order chi connectivity index (χ0) is 33.0. The smallest absolute Gasteiger partial charge is 0.457 e. The van der Waals surface area contributed by atoms with Gasteiger partial charge in [-0.15, -0.1) is 0 Å². The van der Waals surface area contributed by atoms with Crippen LogP contribution in [0.15, 0.2) is 54.6 Å². The van der Waals surface area contributed by atoms with Gasteiger partial charge < -0.3 is 37.7 Å². The van der Waals surface area contributed by atoms with Crippen molar-refractivity contribution in [3.05, 3.63) is 82.4 Å². The van der Waals surface area contributed by atoms with E-state index in [1.165, 1.54) is 32.0 Å². The number of fused-ring (bicyclic) bond motifs is 6. The maximum absolute atomic E-state index is 13.4. The highest BCUT2D eigenvalue weighted by Gasteiger charge is 2.55. The molecule has 3 aromatic rings. The van der Waals surface area contributed by atoms with Crippen LogP contribution in [0.2, 0.25) is 0 Å². The van der Waals surface area contributed by atoms with Gasteiger partial charge in [0.15, 0.2) is 5.60 Å². The zero-order valence-corrected chi connectivity index (χ0v) is 26.1. The van der Waals surface area contributed by atoms with Crippen molar-refractivity contribution in [1.29, 1.82) is 0 Å². The molecule has 1 fully saturated rings. The van der Waals surface area contributed by atoms with Crippen LogP contribution in [-0.4, -0.2) is 55.8 Å². The van der Waals surface area contributed by atoms with Crippen LogP contribution in [0, 0.1) is 0 Å². The molecule has 3 aromatic carbocycles. The lowest BCUT2D eigenvalue weighted by Crippen LogP contribution is -2.41. The lowest BCUT2D eigenvalue weighted by atomic mass is 9.73. The zero-order valence-electron chi connectivity index (χ0n) is 26.1. The molecule has 0 aliphatic carbocycles. The summed E-state index contributed by atoms with van der Waals surface area (Å²) in [6.45, 7) is 9.39. The largest absolute Gasteiger partial charge is 0.494 e. The van der Waals surface area contributed by atoms with Crippen LogP contribution in [0.5, 0.6) is 17.2 Å². The van der Waals surface area contributed by atoms with Gasteiger partial charge in [0, 0.05) is 36.6 Å². The summed E-state index contributed by atoms with van der Waals surface area (Å²) in [6, 6.07) is 14.7. The van der Waals surface area contributed by atoms with Gasteiger partial charge in [-0.2, -0.15) is 0 Å². The van der Waals surface area contributed by atoms with Crippen molar-refractivity contribution in [3.8, 4) is 17.2 Å². The summed E-state index contributed by atoms with van der Waals surface area (Å²) in [5.74, 6) is -1.52. The van der Waals surface area contributed by atoms with Crippen molar-refractivity contribution in [2.24, 2.45) is 0 Å². The molecule has 0 saturated carbocycles. The highest BCUT2D eigenvalue weighted by atomic mass is 16.7.